The van der Waals surface area contributed by atoms with Crippen molar-refractivity contribution >= 4 is 5.91 Å². The van der Waals surface area contributed by atoms with Crippen LogP contribution < -0.4 is 10.1 Å². The summed E-state index contributed by atoms with van der Waals surface area (Å²) in [5.41, 5.74) is 0.957. The summed E-state index contributed by atoms with van der Waals surface area (Å²) in [6, 6.07) is 8.00. The van der Waals surface area contributed by atoms with Crippen molar-refractivity contribution in [1.82, 2.24) is 5.32 Å². The molecule has 0 unspecified atom stereocenters. The van der Waals surface area contributed by atoms with Gasteiger partial charge in [0.05, 0.1) is 18.6 Å². The van der Waals surface area contributed by atoms with E-state index in [1.165, 1.54) is 0 Å². The third-order valence-corrected chi connectivity index (χ3v) is 3.19. The van der Waals surface area contributed by atoms with Gasteiger partial charge in [-0.25, -0.2) is 0 Å². The molecule has 1 aliphatic heterocycles. The number of β-lactam (4-membered cyclic amide) rings is 1. The van der Waals surface area contributed by atoms with Gasteiger partial charge in [-0.3, -0.25) is 4.79 Å². The van der Waals surface area contributed by atoms with E-state index in [-0.39, 0.29) is 11.4 Å². The van der Waals surface area contributed by atoms with Crippen LogP contribution in [0.3, 0.4) is 0 Å². The van der Waals surface area contributed by atoms with Crippen LogP contribution in [0.15, 0.2) is 24.3 Å². The predicted octanol–water partition coefficient (Wildman–Crippen LogP) is 2.60. The van der Waals surface area contributed by atoms with E-state index in [4.69, 9.17) is 4.74 Å². The molecule has 1 aliphatic rings. The average molecular weight is 233 g/mol. The second kappa shape index (κ2) is 4.78. The quantitative estimate of drug-likeness (QED) is 0.627. The summed E-state index contributed by atoms with van der Waals surface area (Å²) in [5.74, 6) is 1.02. The summed E-state index contributed by atoms with van der Waals surface area (Å²) in [5, 5.41) is 2.93. The van der Waals surface area contributed by atoms with Gasteiger partial charge in [-0.2, -0.15) is 0 Å². The molecule has 1 aromatic carbocycles. The first-order chi connectivity index (χ1) is 8.14. The van der Waals surface area contributed by atoms with E-state index in [0.29, 0.717) is 6.42 Å². The minimum absolute atomic E-state index is 0.121. The molecule has 1 amide bonds. The largest absolute Gasteiger partial charge is 0.494 e. The Bertz CT molecular complexity index is 389. The predicted molar refractivity (Wildman–Crippen MR) is 67.0 cm³/mol. The number of carbonyl (C=O) groups excluding carboxylic acids is 1. The average Bonchev–Trinajstić information content (AvgIpc) is 2.28. The van der Waals surface area contributed by atoms with Crippen molar-refractivity contribution < 1.29 is 9.53 Å². The van der Waals surface area contributed by atoms with Crippen LogP contribution in [0.1, 0.15) is 38.7 Å². The molecule has 0 saturated carbocycles. The van der Waals surface area contributed by atoms with Crippen LogP contribution in [0.2, 0.25) is 0 Å². The number of benzene rings is 1. The molecule has 1 saturated heterocycles. The molecule has 1 atom stereocenters. The molecule has 0 aromatic heterocycles. The van der Waals surface area contributed by atoms with Gasteiger partial charge >= 0.3 is 0 Å². The molecule has 92 valence electrons. The first-order valence-corrected chi connectivity index (χ1v) is 6.18. The van der Waals surface area contributed by atoms with Gasteiger partial charge in [0.2, 0.25) is 5.91 Å². The van der Waals surface area contributed by atoms with E-state index in [0.717, 1.165) is 30.8 Å². The van der Waals surface area contributed by atoms with Crippen LogP contribution in [0, 0.1) is 0 Å². The van der Waals surface area contributed by atoms with E-state index >= 15 is 0 Å². The summed E-state index contributed by atoms with van der Waals surface area (Å²) in [7, 11) is 0. The van der Waals surface area contributed by atoms with Crippen molar-refractivity contribution in [3.63, 3.8) is 0 Å². The third kappa shape index (κ3) is 2.60. The molecule has 2 rings (SSSR count). The van der Waals surface area contributed by atoms with Crippen LogP contribution in [0.25, 0.3) is 0 Å². The number of hydrogen-bond acceptors (Lipinski definition) is 2. The molecule has 0 radical (unpaired) electrons. The van der Waals surface area contributed by atoms with Crippen molar-refractivity contribution in [2.75, 3.05) is 6.61 Å². The Kier molecular flexibility index (Phi) is 3.36. The Morgan fingerprint density at radius 2 is 2.00 bits per heavy atom. The normalized spacial score (nSPS) is 22.8. The zero-order chi connectivity index (χ0) is 12.3. The molecule has 3 nitrogen and oxygen atoms in total. The molecule has 3 heteroatoms. The van der Waals surface area contributed by atoms with E-state index in [9.17, 15) is 4.79 Å². The Morgan fingerprint density at radius 3 is 2.53 bits per heavy atom. The van der Waals surface area contributed by atoms with Crippen LogP contribution in [0.5, 0.6) is 5.75 Å². The first-order valence-electron chi connectivity index (χ1n) is 6.18. The minimum Gasteiger partial charge on any atom is -0.494 e. The summed E-state index contributed by atoms with van der Waals surface area (Å²) in [6.07, 6.45) is 2.79. The fourth-order valence-electron chi connectivity index (χ4n) is 2.04. The highest BCUT2D eigenvalue weighted by molar-refractivity contribution is 5.85. The van der Waals surface area contributed by atoms with E-state index in [2.05, 4.69) is 12.2 Å². The fourth-order valence-corrected chi connectivity index (χ4v) is 2.04. The molecule has 0 spiro atoms. The molecule has 0 bridgehead atoms. The lowest BCUT2D eigenvalue weighted by Crippen LogP contribution is -2.56. The first kappa shape index (κ1) is 12.0. The van der Waals surface area contributed by atoms with Gasteiger partial charge in [0.1, 0.15) is 5.75 Å². The number of unbranched alkanes of at least 4 members (excludes halogenated alkanes) is 1. The van der Waals surface area contributed by atoms with Crippen molar-refractivity contribution in [3.05, 3.63) is 29.8 Å². The molecule has 1 heterocycles. The number of ether oxygens (including phenoxy) is 1. The third-order valence-electron chi connectivity index (χ3n) is 3.19. The molecular formula is C14H19NO2. The fraction of sp³-hybridized carbons (Fsp3) is 0.500. The van der Waals surface area contributed by atoms with Gasteiger partial charge in [-0.15, -0.1) is 0 Å². The molecule has 17 heavy (non-hydrogen) atoms. The number of nitrogens with one attached hydrogen (secondary N) is 1. The molecule has 0 aliphatic carbocycles. The summed E-state index contributed by atoms with van der Waals surface area (Å²) >= 11 is 0. The highest BCUT2D eigenvalue weighted by atomic mass is 16.5. The van der Waals surface area contributed by atoms with Crippen molar-refractivity contribution in [2.45, 2.75) is 38.6 Å². The van der Waals surface area contributed by atoms with Crippen LogP contribution in [-0.2, 0) is 10.3 Å². The van der Waals surface area contributed by atoms with Gasteiger partial charge in [0.15, 0.2) is 0 Å². The second-order valence-electron chi connectivity index (χ2n) is 4.78. The number of hydrogen-bond donors (Lipinski definition) is 1. The maximum Gasteiger partial charge on any atom is 0.223 e. The SMILES string of the molecule is CCCCOc1ccc([C@]2(C)CC(=O)N2)cc1. The molecular weight excluding hydrogens is 214 g/mol. The number of rotatable bonds is 5. The Labute approximate surface area is 102 Å². The van der Waals surface area contributed by atoms with Crippen LogP contribution >= 0.6 is 0 Å². The van der Waals surface area contributed by atoms with E-state index in [1.807, 2.05) is 31.2 Å². The highest BCUT2D eigenvalue weighted by Gasteiger charge is 2.39. The van der Waals surface area contributed by atoms with E-state index < -0.39 is 0 Å². The van der Waals surface area contributed by atoms with Crippen molar-refractivity contribution in [2.24, 2.45) is 0 Å². The monoisotopic (exact) mass is 233 g/mol. The highest BCUT2D eigenvalue weighted by Crippen LogP contribution is 2.32. The van der Waals surface area contributed by atoms with Gasteiger partial charge < -0.3 is 10.1 Å². The lowest BCUT2D eigenvalue weighted by Gasteiger charge is -2.39. The Hall–Kier alpha value is -1.51. The minimum atomic E-state index is -0.182. The zero-order valence-corrected chi connectivity index (χ0v) is 10.5. The van der Waals surface area contributed by atoms with Crippen molar-refractivity contribution in [3.8, 4) is 5.75 Å². The standard InChI is InChI=1S/C14H19NO2/c1-3-4-9-17-12-7-5-11(6-8-12)14(2)10-13(16)15-14/h5-8H,3-4,9-10H2,1-2H3,(H,15,16)/t14-/m0/s1. The lowest BCUT2D eigenvalue weighted by molar-refractivity contribution is -0.132. The van der Waals surface area contributed by atoms with Gasteiger partial charge in [-0.1, -0.05) is 25.5 Å². The van der Waals surface area contributed by atoms with Gasteiger partial charge in [0, 0.05) is 0 Å². The lowest BCUT2D eigenvalue weighted by atomic mass is 9.82. The summed E-state index contributed by atoms with van der Waals surface area (Å²) in [4.78, 5) is 11.0. The maximum atomic E-state index is 11.0. The topological polar surface area (TPSA) is 38.3 Å². The van der Waals surface area contributed by atoms with Crippen molar-refractivity contribution in [1.29, 1.82) is 0 Å². The maximum absolute atomic E-state index is 11.0. The second-order valence-corrected chi connectivity index (χ2v) is 4.78. The molecule has 1 N–H and O–H groups in total. The molecule has 1 aromatic rings. The van der Waals surface area contributed by atoms with Gasteiger partial charge in [0.25, 0.3) is 0 Å². The Balaban J connectivity index is 1.96. The van der Waals surface area contributed by atoms with E-state index in [1.54, 1.807) is 0 Å². The number of carbonyl (C=O) groups is 1. The van der Waals surface area contributed by atoms with Crippen LogP contribution in [0.4, 0.5) is 0 Å². The molecule has 1 fully saturated rings. The Morgan fingerprint density at radius 1 is 1.35 bits per heavy atom. The zero-order valence-electron chi connectivity index (χ0n) is 10.5. The summed E-state index contributed by atoms with van der Waals surface area (Å²) < 4.78 is 5.60. The van der Waals surface area contributed by atoms with Crippen LogP contribution in [-0.4, -0.2) is 12.5 Å². The number of amides is 1. The van der Waals surface area contributed by atoms with Gasteiger partial charge in [-0.05, 0) is 31.0 Å². The smallest absolute Gasteiger partial charge is 0.223 e. The summed E-state index contributed by atoms with van der Waals surface area (Å²) in [6.45, 7) is 4.96.